The maximum Gasteiger partial charge on any atom is 0.163 e. The minimum absolute atomic E-state index is 0.457. The Labute approximate surface area is 96.3 Å². The molecule has 0 saturated carbocycles. The molecule has 4 nitrogen and oxygen atoms in total. The van der Waals surface area contributed by atoms with Crippen LogP contribution in [0.25, 0.3) is 22.4 Å². The molecule has 3 aromatic heterocycles. The van der Waals surface area contributed by atoms with Gasteiger partial charge in [0.25, 0.3) is 0 Å². The summed E-state index contributed by atoms with van der Waals surface area (Å²) in [7, 11) is 0. The fourth-order valence-electron chi connectivity index (χ4n) is 1.53. The lowest BCUT2D eigenvalue weighted by Gasteiger charge is -2.00. The molecule has 3 heterocycles. The predicted molar refractivity (Wildman–Crippen MR) is 62.1 cm³/mol. The van der Waals surface area contributed by atoms with E-state index < -0.39 is 0 Å². The molecule has 0 fully saturated rings. The summed E-state index contributed by atoms with van der Waals surface area (Å²) in [6.45, 7) is 0. The highest BCUT2D eigenvalue weighted by Gasteiger charge is 2.07. The number of halogens is 1. The summed E-state index contributed by atoms with van der Waals surface area (Å²) < 4.78 is 0. The van der Waals surface area contributed by atoms with Crippen LogP contribution in [0.5, 0.6) is 0 Å². The van der Waals surface area contributed by atoms with Gasteiger partial charge in [0.1, 0.15) is 10.8 Å². The summed E-state index contributed by atoms with van der Waals surface area (Å²) in [5.74, 6) is 0.599. The average Bonchev–Trinajstić information content (AvgIpc) is 2.79. The Morgan fingerprint density at radius 1 is 1.06 bits per heavy atom. The van der Waals surface area contributed by atoms with Crippen molar-refractivity contribution >= 4 is 22.6 Å². The molecule has 0 unspecified atom stereocenters. The van der Waals surface area contributed by atoms with Crippen LogP contribution in [0, 0.1) is 0 Å². The zero-order valence-corrected chi connectivity index (χ0v) is 8.94. The molecular formula is C11H7ClN4. The number of nitrogens with zero attached hydrogens (tertiary/aromatic N) is 3. The van der Waals surface area contributed by atoms with Gasteiger partial charge in [-0.2, -0.15) is 0 Å². The average molecular weight is 231 g/mol. The highest BCUT2D eigenvalue weighted by atomic mass is 35.5. The molecule has 0 atom stereocenters. The van der Waals surface area contributed by atoms with E-state index in [1.165, 1.54) is 0 Å². The zero-order chi connectivity index (χ0) is 11.0. The molecule has 0 spiro atoms. The van der Waals surface area contributed by atoms with Gasteiger partial charge in [-0.05, 0) is 18.2 Å². The monoisotopic (exact) mass is 230 g/mol. The standard InChI is InChI=1S/C11H7ClN4/c12-9-8-3-6-14-11(8)16-10(15-9)7-1-4-13-5-2-7/h1-6H,(H,14,15,16). The molecule has 1 N–H and O–H groups in total. The second-order valence-electron chi connectivity index (χ2n) is 3.31. The van der Waals surface area contributed by atoms with Gasteiger partial charge >= 0.3 is 0 Å². The topological polar surface area (TPSA) is 54.5 Å². The molecule has 0 amide bonds. The fraction of sp³-hybridized carbons (Fsp3) is 0. The van der Waals surface area contributed by atoms with Crippen LogP contribution in [-0.4, -0.2) is 19.9 Å². The third-order valence-corrected chi connectivity index (χ3v) is 2.60. The Hall–Kier alpha value is -1.94. The van der Waals surface area contributed by atoms with Crippen LogP contribution in [-0.2, 0) is 0 Å². The molecule has 0 saturated heterocycles. The van der Waals surface area contributed by atoms with Crippen molar-refractivity contribution in [1.29, 1.82) is 0 Å². The first-order valence-electron chi connectivity index (χ1n) is 4.75. The van der Waals surface area contributed by atoms with Crippen molar-refractivity contribution in [2.24, 2.45) is 0 Å². The molecule has 0 bridgehead atoms. The minimum atomic E-state index is 0.457. The van der Waals surface area contributed by atoms with E-state index in [1.807, 2.05) is 18.2 Å². The molecule has 0 aliphatic rings. The highest BCUT2D eigenvalue weighted by molar-refractivity contribution is 6.34. The Bertz CT molecular complexity index is 633. The Morgan fingerprint density at radius 2 is 1.88 bits per heavy atom. The van der Waals surface area contributed by atoms with Crippen molar-refractivity contribution in [2.45, 2.75) is 0 Å². The highest BCUT2D eigenvalue weighted by Crippen LogP contribution is 2.23. The molecule has 5 heteroatoms. The Kier molecular flexibility index (Phi) is 2.08. The smallest absolute Gasteiger partial charge is 0.163 e. The van der Waals surface area contributed by atoms with Crippen molar-refractivity contribution in [3.63, 3.8) is 0 Å². The lowest BCUT2D eigenvalue weighted by molar-refractivity contribution is 1.20. The molecule has 0 aliphatic heterocycles. The molecule has 16 heavy (non-hydrogen) atoms. The molecule has 78 valence electrons. The first-order chi connectivity index (χ1) is 7.84. The van der Waals surface area contributed by atoms with E-state index in [2.05, 4.69) is 19.9 Å². The number of pyridine rings is 1. The van der Waals surface area contributed by atoms with Crippen molar-refractivity contribution < 1.29 is 0 Å². The third kappa shape index (κ3) is 1.44. The van der Waals surface area contributed by atoms with Crippen LogP contribution in [0.3, 0.4) is 0 Å². The summed E-state index contributed by atoms with van der Waals surface area (Å²) in [6, 6.07) is 5.55. The molecule has 3 rings (SSSR count). The van der Waals surface area contributed by atoms with Gasteiger partial charge in [0.2, 0.25) is 0 Å². The summed E-state index contributed by atoms with van der Waals surface area (Å²) >= 11 is 6.07. The van der Waals surface area contributed by atoms with Gasteiger partial charge in [0.15, 0.2) is 5.82 Å². The van der Waals surface area contributed by atoms with Crippen molar-refractivity contribution in [3.8, 4) is 11.4 Å². The van der Waals surface area contributed by atoms with Crippen LogP contribution in [0.15, 0.2) is 36.8 Å². The van der Waals surface area contributed by atoms with Crippen molar-refractivity contribution in [2.75, 3.05) is 0 Å². The van der Waals surface area contributed by atoms with Gasteiger partial charge in [0, 0.05) is 24.2 Å². The van der Waals surface area contributed by atoms with Crippen molar-refractivity contribution in [3.05, 3.63) is 41.9 Å². The zero-order valence-electron chi connectivity index (χ0n) is 8.18. The second-order valence-corrected chi connectivity index (χ2v) is 3.67. The van der Waals surface area contributed by atoms with E-state index in [1.54, 1.807) is 18.6 Å². The van der Waals surface area contributed by atoms with Gasteiger partial charge in [-0.25, -0.2) is 9.97 Å². The molecule has 3 aromatic rings. The number of rotatable bonds is 1. The van der Waals surface area contributed by atoms with E-state index in [0.29, 0.717) is 11.0 Å². The maximum absolute atomic E-state index is 6.07. The number of nitrogens with one attached hydrogen (secondary N) is 1. The van der Waals surface area contributed by atoms with E-state index in [9.17, 15) is 0 Å². The van der Waals surface area contributed by atoms with E-state index in [0.717, 1.165) is 16.6 Å². The summed E-state index contributed by atoms with van der Waals surface area (Å²) in [4.78, 5) is 15.6. The summed E-state index contributed by atoms with van der Waals surface area (Å²) in [5, 5.41) is 1.29. The molecular weight excluding hydrogens is 224 g/mol. The Balaban J connectivity index is 2.25. The number of hydrogen-bond acceptors (Lipinski definition) is 3. The van der Waals surface area contributed by atoms with Gasteiger partial charge in [0.05, 0.1) is 5.39 Å². The van der Waals surface area contributed by atoms with Crippen LogP contribution < -0.4 is 0 Å². The summed E-state index contributed by atoms with van der Waals surface area (Å²) in [6.07, 6.45) is 5.19. The summed E-state index contributed by atoms with van der Waals surface area (Å²) in [5.41, 5.74) is 1.64. The van der Waals surface area contributed by atoms with E-state index in [-0.39, 0.29) is 0 Å². The minimum Gasteiger partial charge on any atom is -0.346 e. The SMILES string of the molecule is Clc1nc(-c2ccncc2)nc2[nH]ccc12. The number of aromatic amines is 1. The van der Waals surface area contributed by atoms with Gasteiger partial charge in [-0.3, -0.25) is 4.98 Å². The van der Waals surface area contributed by atoms with Gasteiger partial charge < -0.3 is 4.98 Å². The largest absolute Gasteiger partial charge is 0.346 e. The second kappa shape index (κ2) is 3.57. The molecule has 0 aromatic carbocycles. The van der Waals surface area contributed by atoms with Crippen LogP contribution in [0.1, 0.15) is 0 Å². The van der Waals surface area contributed by atoms with Crippen LogP contribution >= 0.6 is 11.6 Å². The maximum atomic E-state index is 6.07. The van der Waals surface area contributed by atoms with E-state index in [4.69, 9.17) is 11.6 Å². The van der Waals surface area contributed by atoms with Gasteiger partial charge in [-0.15, -0.1) is 0 Å². The lowest BCUT2D eigenvalue weighted by Crippen LogP contribution is -1.90. The third-order valence-electron chi connectivity index (χ3n) is 2.31. The molecule has 0 radical (unpaired) electrons. The van der Waals surface area contributed by atoms with Crippen LogP contribution in [0.4, 0.5) is 0 Å². The number of fused-ring (bicyclic) bond motifs is 1. The van der Waals surface area contributed by atoms with Crippen molar-refractivity contribution in [1.82, 2.24) is 19.9 Å². The number of aromatic nitrogens is 4. The normalized spacial score (nSPS) is 10.8. The van der Waals surface area contributed by atoms with Crippen LogP contribution in [0.2, 0.25) is 5.15 Å². The van der Waals surface area contributed by atoms with E-state index >= 15 is 0 Å². The first-order valence-corrected chi connectivity index (χ1v) is 5.13. The molecule has 0 aliphatic carbocycles. The quantitative estimate of drug-likeness (QED) is 0.654. The fourth-order valence-corrected chi connectivity index (χ4v) is 1.77. The van der Waals surface area contributed by atoms with Gasteiger partial charge in [-0.1, -0.05) is 11.6 Å². The lowest BCUT2D eigenvalue weighted by atomic mass is 10.2. The predicted octanol–water partition coefficient (Wildman–Crippen LogP) is 2.67. The number of H-pyrrole nitrogens is 1. The Morgan fingerprint density at radius 3 is 2.69 bits per heavy atom. The number of hydrogen-bond donors (Lipinski definition) is 1. The first kappa shape index (κ1) is 9.30.